The molecule has 0 unspecified atom stereocenters. The van der Waals surface area contributed by atoms with E-state index in [-0.39, 0.29) is 36.4 Å². The number of H-pyrrole nitrogens is 1. The molecular weight excluding hydrogens is 462 g/mol. The fourth-order valence-electron chi connectivity index (χ4n) is 3.69. The molecule has 0 spiro atoms. The molecule has 10 heteroatoms. The molecular formula is C26H27N5O5. The Morgan fingerprint density at radius 1 is 1.19 bits per heavy atom. The highest BCUT2D eigenvalue weighted by molar-refractivity contribution is 5.97. The van der Waals surface area contributed by atoms with Crippen molar-refractivity contribution in [2.75, 3.05) is 18.5 Å². The Labute approximate surface area is 207 Å². The van der Waals surface area contributed by atoms with Crippen molar-refractivity contribution >= 4 is 34.4 Å². The number of aromatic nitrogens is 2. The van der Waals surface area contributed by atoms with Crippen molar-refractivity contribution in [3.05, 3.63) is 69.8 Å². The number of anilines is 1. The lowest BCUT2D eigenvalue weighted by molar-refractivity contribution is -0.139. The van der Waals surface area contributed by atoms with Crippen LogP contribution >= 0.6 is 0 Å². The number of terminal acetylenes is 1. The molecule has 0 aliphatic rings. The number of aryl methyl sites for hydroxylation is 1. The van der Waals surface area contributed by atoms with E-state index in [1.807, 2.05) is 11.0 Å². The van der Waals surface area contributed by atoms with E-state index in [4.69, 9.17) is 6.42 Å². The van der Waals surface area contributed by atoms with Crippen molar-refractivity contribution in [1.82, 2.24) is 20.6 Å². The number of hydrogen-bond acceptors (Lipinski definition) is 6. The molecule has 1 heterocycles. The maximum absolute atomic E-state index is 12.6. The summed E-state index contributed by atoms with van der Waals surface area (Å²) in [5.41, 5.74) is 2.26. The van der Waals surface area contributed by atoms with Gasteiger partial charge in [0.15, 0.2) is 0 Å². The predicted octanol–water partition coefficient (Wildman–Crippen LogP) is 1.58. The minimum Gasteiger partial charge on any atom is -0.480 e. The van der Waals surface area contributed by atoms with Gasteiger partial charge in [-0.2, -0.15) is 0 Å². The lowest BCUT2D eigenvalue weighted by Gasteiger charge is -2.23. The maximum Gasteiger partial charge on any atom is 0.326 e. The zero-order chi connectivity index (χ0) is 26.2. The summed E-state index contributed by atoms with van der Waals surface area (Å²) < 4.78 is 0. The van der Waals surface area contributed by atoms with Crippen molar-refractivity contribution < 1.29 is 19.5 Å². The van der Waals surface area contributed by atoms with E-state index < -0.39 is 17.9 Å². The van der Waals surface area contributed by atoms with Crippen LogP contribution in [0.3, 0.4) is 0 Å². The average Bonchev–Trinajstić information content (AvgIpc) is 2.86. The topological polar surface area (TPSA) is 144 Å². The Morgan fingerprint density at radius 3 is 2.56 bits per heavy atom. The number of carboxylic acids is 1. The number of amides is 2. The number of carboxylic acid groups (broad SMARTS) is 1. The van der Waals surface area contributed by atoms with Gasteiger partial charge in [-0.15, -0.1) is 6.42 Å². The summed E-state index contributed by atoms with van der Waals surface area (Å²) in [6, 6.07) is 10.8. The van der Waals surface area contributed by atoms with Crippen LogP contribution < -0.4 is 21.1 Å². The van der Waals surface area contributed by atoms with Crippen LogP contribution in [0.25, 0.3) is 10.9 Å². The SMILES string of the molecule is C#CCN(Cc1ccc2nc(C)[nH]c(=O)c2c1)c1ccc(C(=O)N[C@@H](CCC(=O)NC)C(=O)O)cc1. The fraction of sp³-hybridized carbons (Fsp3) is 0.269. The smallest absolute Gasteiger partial charge is 0.326 e. The van der Waals surface area contributed by atoms with Crippen LogP contribution in [-0.2, 0) is 16.1 Å². The van der Waals surface area contributed by atoms with Gasteiger partial charge in [0, 0.05) is 31.3 Å². The van der Waals surface area contributed by atoms with E-state index in [0.717, 1.165) is 11.3 Å². The highest BCUT2D eigenvalue weighted by Crippen LogP contribution is 2.20. The number of benzene rings is 2. The molecule has 0 saturated heterocycles. The van der Waals surface area contributed by atoms with E-state index in [1.165, 1.54) is 7.05 Å². The summed E-state index contributed by atoms with van der Waals surface area (Å²) in [6.07, 6.45) is 5.51. The first-order chi connectivity index (χ1) is 17.2. The largest absolute Gasteiger partial charge is 0.480 e. The Morgan fingerprint density at radius 2 is 1.92 bits per heavy atom. The van der Waals surface area contributed by atoms with Gasteiger partial charge in [0.2, 0.25) is 5.91 Å². The third-order valence-corrected chi connectivity index (χ3v) is 5.58. The van der Waals surface area contributed by atoms with Gasteiger partial charge in [-0.25, -0.2) is 9.78 Å². The first-order valence-electron chi connectivity index (χ1n) is 11.2. The molecule has 186 valence electrons. The minimum absolute atomic E-state index is 0.0238. The van der Waals surface area contributed by atoms with Gasteiger partial charge in [0.1, 0.15) is 11.9 Å². The van der Waals surface area contributed by atoms with Crippen molar-refractivity contribution in [3.8, 4) is 12.3 Å². The van der Waals surface area contributed by atoms with Crippen LogP contribution in [0.1, 0.15) is 34.6 Å². The van der Waals surface area contributed by atoms with Gasteiger partial charge in [0.25, 0.3) is 11.5 Å². The molecule has 0 radical (unpaired) electrons. The van der Waals surface area contributed by atoms with Crippen molar-refractivity contribution in [2.24, 2.45) is 0 Å². The van der Waals surface area contributed by atoms with Crippen LogP contribution in [0.5, 0.6) is 0 Å². The third-order valence-electron chi connectivity index (χ3n) is 5.58. The molecule has 10 nitrogen and oxygen atoms in total. The number of fused-ring (bicyclic) bond motifs is 1. The Kier molecular flexibility index (Phi) is 8.41. The molecule has 1 atom stereocenters. The predicted molar refractivity (Wildman–Crippen MR) is 136 cm³/mol. The molecule has 2 aromatic carbocycles. The molecule has 4 N–H and O–H groups in total. The number of aliphatic carboxylic acids is 1. The first-order valence-corrected chi connectivity index (χ1v) is 11.2. The minimum atomic E-state index is -1.22. The second-order valence-electron chi connectivity index (χ2n) is 8.19. The quantitative estimate of drug-likeness (QED) is 0.317. The summed E-state index contributed by atoms with van der Waals surface area (Å²) in [6.45, 7) is 2.42. The lowest BCUT2D eigenvalue weighted by atomic mass is 10.1. The number of hydrogen-bond donors (Lipinski definition) is 4. The molecule has 0 fully saturated rings. The summed E-state index contributed by atoms with van der Waals surface area (Å²) in [4.78, 5) is 56.7. The highest BCUT2D eigenvalue weighted by Gasteiger charge is 2.21. The van der Waals surface area contributed by atoms with Crippen LogP contribution in [0.4, 0.5) is 5.69 Å². The van der Waals surface area contributed by atoms with Gasteiger partial charge in [-0.05, 0) is 55.3 Å². The van der Waals surface area contributed by atoms with Gasteiger partial charge in [0.05, 0.1) is 17.4 Å². The number of nitrogens with one attached hydrogen (secondary N) is 3. The summed E-state index contributed by atoms with van der Waals surface area (Å²) >= 11 is 0. The van der Waals surface area contributed by atoms with Crippen LogP contribution in [0, 0.1) is 19.3 Å². The maximum atomic E-state index is 12.6. The molecule has 0 aliphatic heterocycles. The molecule has 3 rings (SSSR count). The number of nitrogens with zero attached hydrogens (tertiary/aromatic N) is 2. The van der Waals surface area contributed by atoms with E-state index >= 15 is 0 Å². The highest BCUT2D eigenvalue weighted by atomic mass is 16.4. The summed E-state index contributed by atoms with van der Waals surface area (Å²) in [5, 5.41) is 14.7. The van der Waals surface area contributed by atoms with Crippen molar-refractivity contribution in [1.29, 1.82) is 0 Å². The molecule has 0 aliphatic carbocycles. The Balaban J connectivity index is 1.74. The zero-order valence-electron chi connectivity index (χ0n) is 20.0. The standard InChI is InChI=1S/C26H27N5O5/c1-4-13-31(15-17-5-10-21-20(14-17)25(34)29-16(2)28-21)19-8-6-18(7-9-19)24(33)30-22(26(35)36)11-12-23(32)27-3/h1,5-10,14,22H,11-13,15H2,2-3H3,(H,27,32)(H,30,33)(H,35,36)(H,28,29,34)/t22-/m0/s1. The number of carbonyl (C=O) groups is 3. The molecule has 3 aromatic rings. The normalized spacial score (nSPS) is 11.4. The summed E-state index contributed by atoms with van der Waals surface area (Å²) in [5.74, 6) is 1.06. The zero-order valence-corrected chi connectivity index (χ0v) is 20.0. The summed E-state index contributed by atoms with van der Waals surface area (Å²) in [7, 11) is 1.46. The fourth-order valence-corrected chi connectivity index (χ4v) is 3.69. The van der Waals surface area contributed by atoms with Gasteiger partial charge >= 0.3 is 5.97 Å². The molecule has 0 saturated carbocycles. The molecule has 2 amide bonds. The van der Waals surface area contributed by atoms with Gasteiger partial charge in [-0.3, -0.25) is 14.4 Å². The van der Waals surface area contributed by atoms with E-state index in [9.17, 15) is 24.3 Å². The van der Waals surface area contributed by atoms with E-state index in [0.29, 0.717) is 23.3 Å². The molecule has 1 aromatic heterocycles. The third kappa shape index (κ3) is 6.48. The first kappa shape index (κ1) is 26.0. The van der Waals surface area contributed by atoms with Gasteiger partial charge in [-0.1, -0.05) is 12.0 Å². The average molecular weight is 490 g/mol. The Hall–Kier alpha value is -4.65. The molecule has 36 heavy (non-hydrogen) atoms. The number of aromatic amines is 1. The second kappa shape index (κ2) is 11.7. The Bertz CT molecular complexity index is 1370. The van der Waals surface area contributed by atoms with E-state index in [2.05, 4.69) is 26.5 Å². The molecule has 0 bridgehead atoms. The van der Waals surface area contributed by atoms with Crippen molar-refractivity contribution in [3.63, 3.8) is 0 Å². The second-order valence-corrected chi connectivity index (χ2v) is 8.19. The van der Waals surface area contributed by atoms with Crippen LogP contribution in [0.15, 0.2) is 47.3 Å². The van der Waals surface area contributed by atoms with Crippen molar-refractivity contribution in [2.45, 2.75) is 32.4 Å². The monoisotopic (exact) mass is 489 g/mol. The lowest BCUT2D eigenvalue weighted by Crippen LogP contribution is -2.41. The number of carbonyl (C=O) groups excluding carboxylic acids is 2. The van der Waals surface area contributed by atoms with E-state index in [1.54, 1.807) is 43.3 Å². The van der Waals surface area contributed by atoms with Crippen LogP contribution in [-0.4, -0.2) is 52.5 Å². The van der Waals surface area contributed by atoms with Crippen LogP contribution in [0.2, 0.25) is 0 Å². The van der Waals surface area contributed by atoms with Gasteiger partial charge < -0.3 is 25.6 Å². The number of rotatable bonds is 10.